The molecule has 1 saturated heterocycles. The molecule has 2 amide bonds. The van der Waals surface area contributed by atoms with E-state index in [1.807, 2.05) is 19.1 Å². The first-order valence-corrected chi connectivity index (χ1v) is 12.5. The second-order valence-electron chi connectivity index (χ2n) is 9.75. The van der Waals surface area contributed by atoms with Crippen LogP contribution in [-0.2, 0) is 21.9 Å². The monoisotopic (exact) mass is 521 g/mol. The van der Waals surface area contributed by atoms with Crippen molar-refractivity contribution in [2.45, 2.75) is 32.2 Å². The van der Waals surface area contributed by atoms with Crippen LogP contribution in [0.4, 0.5) is 20.2 Å². The standard InChI is InChI=1S/C28H29F2N5O3/c1-16-4-5-19(34-26(36)17-6-7-32-25(11-17)28(2,29)30)12-20(16)18-10-23-22(33-14-18)13-21(27(37)31-3)24-15-38-9-8-35(23)24/h4-7,10-12,14,21,24H,8-9,13,15H2,1-3H3,(H,31,37)(H,34,36). The van der Waals surface area contributed by atoms with Crippen molar-refractivity contribution < 1.29 is 23.1 Å². The second kappa shape index (κ2) is 10.1. The molecule has 2 aliphatic rings. The van der Waals surface area contributed by atoms with Gasteiger partial charge in [0.25, 0.3) is 11.8 Å². The molecule has 198 valence electrons. The van der Waals surface area contributed by atoms with E-state index in [4.69, 9.17) is 9.72 Å². The van der Waals surface area contributed by atoms with E-state index in [1.165, 1.54) is 12.3 Å². The first-order chi connectivity index (χ1) is 18.2. The van der Waals surface area contributed by atoms with Gasteiger partial charge in [0, 0.05) is 56.1 Å². The lowest BCUT2D eigenvalue weighted by Gasteiger charge is -2.45. The van der Waals surface area contributed by atoms with Crippen LogP contribution in [0.3, 0.4) is 0 Å². The predicted molar refractivity (Wildman–Crippen MR) is 139 cm³/mol. The molecule has 0 spiro atoms. The van der Waals surface area contributed by atoms with Crippen LogP contribution >= 0.6 is 0 Å². The maximum absolute atomic E-state index is 13.7. The number of rotatable bonds is 5. The van der Waals surface area contributed by atoms with Crippen LogP contribution in [-0.4, -0.2) is 54.6 Å². The Labute approximate surface area is 219 Å². The zero-order valence-electron chi connectivity index (χ0n) is 21.4. The number of carbonyl (C=O) groups excluding carboxylic acids is 2. The lowest BCUT2D eigenvalue weighted by molar-refractivity contribution is -0.126. The largest absolute Gasteiger partial charge is 0.377 e. The Hall–Kier alpha value is -3.92. The van der Waals surface area contributed by atoms with E-state index in [0.29, 0.717) is 31.9 Å². The summed E-state index contributed by atoms with van der Waals surface area (Å²) in [6.45, 7) is 4.42. The number of nitrogens with one attached hydrogen (secondary N) is 2. The minimum absolute atomic E-state index is 0.0229. The SMILES string of the molecule is CNC(=O)C1Cc2ncc(-c3cc(NC(=O)c4ccnc(C(C)(F)F)c4)ccc3C)cc2N2CCOCC12. The van der Waals surface area contributed by atoms with E-state index in [0.717, 1.165) is 41.1 Å². The van der Waals surface area contributed by atoms with Crippen molar-refractivity contribution >= 4 is 23.2 Å². The van der Waals surface area contributed by atoms with Crippen LogP contribution in [0.5, 0.6) is 0 Å². The number of nitrogens with zero attached hydrogens (tertiary/aromatic N) is 3. The molecule has 38 heavy (non-hydrogen) atoms. The van der Waals surface area contributed by atoms with Crippen molar-refractivity contribution in [3.63, 3.8) is 0 Å². The van der Waals surface area contributed by atoms with Gasteiger partial charge in [0.15, 0.2) is 0 Å². The van der Waals surface area contributed by atoms with Gasteiger partial charge in [-0.2, -0.15) is 8.78 Å². The molecular weight excluding hydrogens is 492 g/mol. The number of aromatic nitrogens is 2. The molecule has 3 aromatic rings. The van der Waals surface area contributed by atoms with Crippen molar-refractivity contribution in [1.29, 1.82) is 0 Å². The summed E-state index contributed by atoms with van der Waals surface area (Å²) in [5, 5.41) is 5.57. The number of hydrogen-bond donors (Lipinski definition) is 2. The molecule has 0 bridgehead atoms. The topological polar surface area (TPSA) is 96.5 Å². The number of alkyl halides is 2. The molecule has 1 aromatic carbocycles. The maximum atomic E-state index is 13.7. The Morgan fingerprint density at radius 2 is 1.97 bits per heavy atom. The molecule has 2 N–H and O–H groups in total. The molecular formula is C28H29F2N5O3. The molecule has 5 rings (SSSR count). The van der Waals surface area contributed by atoms with Crippen molar-refractivity contribution in [3.05, 3.63) is 71.3 Å². The Morgan fingerprint density at radius 3 is 2.74 bits per heavy atom. The summed E-state index contributed by atoms with van der Waals surface area (Å²) in [6.07, 6.45) is 3.52. The fourth-order valence-corrected chi connectivity index (χ4v) is 5.11. The number of aryl methyl sites for hydroxylation is 1. The Bertz CT molecular complexity index is 1390. The fourth-order valence-electron chi connectivity index (χ4n) is 5.11. The smallest absolute Gasteiger partial charge is 0.286 e. The van der Waals surface area contributed by atoms with Crippen LogP contribution in [0.2, 0.25) is 0 Å². The van der Waals surface area contributed by atoms with Gasteiger partial charge in [-0.3, -0.25) is 19.6 Å². The lowest BCUT2D eigenvalue weighted by atomic mass is 9.86. The molecule has 0 saturated carbocycles. The normalized spacial score (nSPS) is 18.8. The van der Waals surface area contributed by atoms with Gasteiger partial charge in [0.2, 0.25) is 5.91 Å². The van der Waals surface area contributed by atoms with Crippen molar-refractivity contribution in [1.82, 2.24) is 15.3 Å². The molecule has 2 unspecified atom stereocenters. The average molecular weight is 522 g/mol. The highest BCUT2D eigenvalue weighted by Crippen LogP contribution is 2.38. The summed E-state index contributed by atoms with van der Waals surface area (Å²) < 4.78 is 33.1. The summed E-state index contributed by atoms with van der Waals surface area (Å²) in [5.41, 5.74) is 4.74. The van der Waals surface area contributed by atoms with Gasteiger partial charge in [0.1, 0.15) is 5.69 Å². The molecule has 1 fully saturated rings. The van der Waals surface area contributed by atoms with Gasteiger partial charge in [-0.05, 0) is 48.4 Å². The number of morpholine rings is 1. The van der Waals surface area contributed by atoms with Crippen LogP contribution in [0, 0.1) is 12.8 Å². The van der Waals surface area contributed by atoms with Crippen LogP contribution in [0.1, 0.15) is 34.2 Å². The zero-order valence-corrected chi connectivity index (χ0v) is 21.4. The molecule has 2 atom stereocenters. The highest BCUT2D eigenvalue weighted by atomic mass is 19.3. The third-order valence-electron chi connectivity index (χ3n) is 7.16. The van der Waals surface area contributed by atoms with E-state index >= 15 is 0 Å². The number of carbonyl (C=O) groups is 2. The molecule has 2 aliphatic heterocycles. The second-order valence-corrected chi connectivity index (χ2v) is 9.75. The predicted octanol–water partition coefficient (Wildman–Crippen LogP) is 3.94. The van der Waals surface area contributed by atoms with E-state index in [2.05, 4.69) is 26.6 Å². The Morgan fingerprint density at radius 1 is 1.16 bits per heavy atom. The van der Waals surface area contributed by atoms with Crippen molar-refractivity contribution in [2.24, 2.45) is 5.92 Å². The van der Waals surface area contributed by atoms with Gasteiger partial charge in [-0.1, -0.05) is 6.07 Å². The van der Waals surface area contributed by atoms with Gasteiger partial charge >= 0.3 is 0 Å². The summed E-state index contributed by atoms with van der Waals surface area (Å²) >= 11 is 0. The molecule has 0 radical (unpaired) electrons. The zero-order chi connectivity index (χ0) is 27.0. The van der Waals surface area contributed by atoms with Gasteiger partial charge in [-0.15, -0.1) is 0 Å². The number of pyridine rings is 2. The molecule has 0 aliphatic carbocycles. The average Bonchev–Trinajstić information content (AvgIpc) is 2.92. The molecule has 4 heterocycles. The quantitative estimate of drug-likeness (QED) is 0.528. The summed E-state index contributed by atoms with van der Waals surface area (Å²) in [6, 6.07) is 10.0. The third kappa shape index (κ3) is 4.96. The number of halogens is 2. The third-order valence-corrected chi connectivity index (χ3v) is 7.16. The van der Waals surface area contributed by atoms with E-state index in [9.17, 15) is 18.4 Å². The number of amides is 2. The molecule has 8 nitrogen and oxygen atoms in total. The number of anilines is 2. The van der Waals surface area contributed by atoms with E-state index < -0.39 is 17.5 Å². The highest BCUT2D eigenvalue weighted by molar-refractivity contribution is 6.04. The van der Waals surface area contributed by atoms with Crippen molar-refractivity contribution in [3.8, 4) is 11.1 Å². The first-order valence-electron chi connectivity index (χ1n) is 12.5. The van der Waals surface area contributed by atoms with Crippen LogP contribution < -0.4 is 15.5 Å². The lowest BCUT2D eigenvalue weighted by Crippen LogP contribution is -2.56. The summed E-state index contributed by atoms with van der Waals surface area (Å²) in [5.74, 6) is -3.92. The highest BCUT2D eigenvalue weighted by Gasteiger charge is 2.40. The Balaban J connectivity index is 1.44. The number of benzene rings is 1. The van der Waals surface area contributed by atoms with Crippen LogP contribution in [0.25, 0.3) is 11.1 Å². The summed E-state index contributed by atoms with van der Waals surface area (Å²) in [7, 11) is 1.64. The van der Waals surface area contributed by atoms with Gasteiger partial charge in [-0.25, -0.2) is 0 Å². The Kier molecular flexibility index (Phi) is 6.83. The number of fused-ring (bicyclic) bond motifs is 3. The number of ether oxygens (including phenoxy) is 1. The fraction of sp³-hybridized carbons (Fsp3) is 0.357. The maximum Gasteiger partial charge on any atom is 0.286 e. The van der Waals surface area contributed by atoms with E-state index in [-0.39, 0.29) is 23.4 Å². The van der Waals surface area contributed by atoms with Gasteiger partial charge in [0.05, 0.1) is 36.6 Å². The van der Waals surface area contributed by atoms with Crippen LogP contribution in [0.15, 0.2) is 48.8 Å². The minimum atomic E-state index is -3.15. The molecule has 2 aromatic heterocycles. The molecule has 10 heteroatoms. The summed E-state index contributed by atoms with van der Waals surface area (Å²) in [4.78, 5) is 36.0. The number of hydrogen-bond acceptors (Lipinski definition) is 6. The van der Waals surface area contributed by atoms with Gasteiger partial charge < -0.3 is 20.3 Å². The minimum Gasteiger partial charge on any atom is -0.377 e. The first kappa shape index (κ1) is 25.7. The van der Waals surface area contributed by atoms with E-state index in [1.54, 1.807) is 19.3 Å². The van der Waals surface area contributed by atoms with Crippen molar-refractivity contribution in [2.75, 3.05) is 37.0 Å².